The van der Waals surface area contributed by atoms with Crippen LogP contribution < -0.4 is 5.32 Å². The summed E-state index contributed by atoms with van der Waals surface area (Å²) in [6.45, 7) is 7.14. The van der Waals surface area contributed by atoms with Crippen LogP contribution in [0.1, 0.15) is 34.8 Å². The molecule has 1 atom stereocenters. The fourth-order valence-electron chi connectivity index (χ4n) is 1.79. The van der Waals surface area contributed by atoms with Crippen LogP contribution in [0.3, 0.4) is 0 Å². The van der Waals surface area contributed by atoms with Crippen LogP contribution in [0.15, 0.2) is 23.8 Å². The van der Waals surface area contributed by atoms with Crippen molar-refractivity contribution >= 4 is 11.3 Å². The quantitative estimate of drug-likeness (QED) is 0.902. The Labute approximate surface area is 106 Å². The number of rotatable bonds is 4. The fourth-order valence-corrected chi connectivity index (χ4v) is 2.53. The normalized spacial score (nSPS) is 12.6. The molecule has 0 spiro atoms. The average Bonchev–Trinajstić information content (AvgIpc) is 2.74. The van der Waals surface area contributed by atoms with Gasteiger partial charge in [0, 0.05) is 17.3 Å². The molecule has 2 heterocycles. The second-order valence-corrected chi connectivity index (χ2v) is 5.16. The number of hydrogen-bond donors (Lipinski definition) is 1. The smallest absolute Gasteiger partial charge is 0.149 e. The molecule has 0 saturated carbocycles. The van der Waals surface area contributed by atoms with Gasteiger partial charge in [-0.1, -0.05) is 6.92 Å². The zero-order chi connectivity index (χ0) is 12.3. The van der Waals surface area contributed by atoms with E-state index in [1.165, 1.54) is 10.4 Å². The number of nitrogens with zero attached hydrogens (tertiary/aromatic N) is 2. The third-order valence-corrected chi connectivity index (χ3v) is 3.54. The van der Waals surface area contributed by atoms with E-state index in [9.17, 15) is 0 Å². The van der Waals surface area contributed by atoms with E-state index in [1.54, 1.807) is 11.3 Å². The molecule has 0 aliphatic heterocycles. The molecule has 3 nitrogen and oxygen atoms in total. The molecule has 2 aromatic heterocycles. The predicted octanol–water partition coefficient (Wildman–Crippen LogP) is 2.85. The van der Waals surface area contributed by atoms with Crippen LogP contribution in [0, 0.1) is 13.8 Å². The molecule has 0 saturated heterocycles. The zero-order valence-corrected chi connectivity index (χ0v) is 11.2. The minimum absolute atomic E-state index is 0.104. The number of hydrogen-bond acceptors (Lipinski definition) is 4. The molecule has 0 fully saturated rings. The summed E-state index contributed by atoms with van der Waals surface area (Å²) in [5.74, 6) is 0.846. The van der Waals surface area contributed by atoms with Crippen LogP contribution in [0.25, 0.3) is 0 Å². The van der Waals surface area contributed by atoms with Gasteiger partial charge in [0.25, 0.3) is 0 Å². The number of aromatic nitrogens is 2. The van der Waals surface area contributed by atoms with Gasteiger partial charge in [-0.15, -0.1) is 11.3 Å². The molecule has 0 amide bonds. The van der Waals surface area contributed by atoms with Gasteiger partial charge >= 0.3 is 0 Å². The first-order valence-corrected chi connectivity index (χ1v) is 6.66. The minimum atomic E-state index is 0.104. The summed E-state index contributed by atoms with van der Waals surface area (Å²) >= 11 is 1.76. The standard InChI is InChI=1S/C13H17N3S/c1-4-14-12(11-5-6-17-10(11)3)13-15-7-9(2)8-16-13/h5-8,12,14H,4H2,1-3H3. The SMILES string of the molecule is CCNC(c1ncc(C)cn1)c1ccsc1C. The molecular weight excluding hydrogens is 230 g/mol. The number of nitrogens with one attached hydrogen (secondary N) is 1. The monoisotopic (exact) mass is 247 g/mol. The number of thiophene rings is 1. The van der Waals surface area contributed by atoms with E-state index in [2.05, 4.69) is 40.6 Å². The molecule has 2 aromatic rings. The van der Waals surface area contributed by atoms with Crippen LogP contribution in [0.4, 0.5) is 0 Å². The van der Waals surface area contributed by atoms with Crippen molar-refractivity contribution in [1.29, 1.82) is 0 Å². The van der Waals surface area contributed by atoms with Crippen molar-refractivity contribution < 1.29 is 0 Å². The first kappa shape index (κ1) is 12.2. The lowest BCUT2D eigenvalue weighted by molar-refractivity contribution is 0.596. The summed E-state index contributed by atoms with van der Waals surface area (Å²) in [6.07, 6.45) is 3.74. The number of aryl methyl sites for hydroxylation is 2. The highest BCUT2D eigenvalue weighted by molar-refractivity contribution is 7.10. The summed E-state index contributed by atoms with van der Waals surface area (Å²) in [6, 6.07) is 2.25. The largest absolute Gasteiger partial charge is 0.304 e. The van der Waals surface area contributed by atoms with Gasteiger partial charge in [-0.2, -0.15) is 0 Å². The van der Waals surface area contributed by atoms with Gasteiger partial charge in [0.2, 0.25) is 0 Å². The molecule has 17 heavy (non-hydrogen) atoms. The molecule has 4 heteroatoms. The maximum atomic E-state index is 4.43. The molecule has 0 aromatic carbocycles. The third-order valence-electron chi connectivity index (χ3n) is 2.68. The van der Waals surface area contributed by atoms with Gasteiger partial charge in [-0.25, -0.2) is 9.97 Å². The summed E-state index contributed by atoms with van der Waals surface area (Å²) in [7, 11) is 0. The summed E-state index contributed by atoms with van der Waals surface area (Å²) in [4.78, 5) is 10.2. The van der Waals surface area contributed by atoms with Crippen molar-refractivity contribution in [3.63, 3.8) is 0 Å². The molecule has 90 valence electrons. The lowest BCUT2D eigenvalue weighted by atomic mass is 10.1. The molecular formula is C13H17N3S. The van der Waals surface area contributed by atoms with E-state index in [0.29, 0.717) is 0 Å². The Morgan fingerprint density at radius 2 is 2.00 bits per heavy atom. The Balaban J connectivity index is 2.35. The molecule has 0 radical (unpaired) electrons. The summed E-state index contributed by atoms with van der Waals surface area (Å²) in [5.41, 5.74) is 2.37. The highest BCUT2D eigenvalue weighted by Gasteiger charge is 2.18. The van der Waals surface area contributed by atoms with Crippen molar-refractivity contribution in [2.24, 2.45) is 0 Å². The van der Waals surface area contributed by atoms with E-state index in [0.717, 1.165) is 17.9 Å². The van der Waals surface area contributed by atoms with Gasteiger partial charge in [0.05, 0.1) is 6.04 Å². The van der Waals surface area contributed by atoms with Gasteiger partial charge in [-0.3, -0.25) is 0 Å². The van der Waals surface area contributed by atoms with E-state index in [-0.39, 0.29) is 6.04 Å². The van der Waals surface area contributed by atoms with E-state index < -0.39 is 0 Å². The van der Waals surface area contributed by atoms with Gasteiger partial charge in [0.15, 0.2) is 0 Å². The van der Waals surface area contributed by atoms with Crippen LogP contribution in [0.5, 0.6) is 0 Å². The Bertz CT molecular complexity index is 476. The second kappa shape index (κ2) is 5.38. The van der Waals surface area contributed by atoms with Gasteiger partial charge in [0.1, 0.15) is 5.82 Å². The fraction of sp³-hybridized carbons (Fsp3) is 0.385. The maximum Gasteiger partial charge on any atom is 0.149 e. The van der Waals surface area contributed by atoms with Crippen LogP contribution in [0.2, 0.25) is 0 Å². The molecule has 0 aliphatic rings. The second-order valence-electron chi connectivity index (χ2n) is 4.04. The van der Waals surface area contributed by atoms with Crippen molar-refractivity contribution in [3.05, 3.63) is 45.7 Å². The van der Waals surface area contributed by atoms with Crippen LogP contribution >= 0.6 is 11.3 Å². The Morgan fingerprint density at radius 1 is 1.29 bits per heavy atom. The maximum absolute atomic E-state index is 4.43. The van der Waals surface area contributed by atoms with E-state index in [4.69, 9.17) is 0 Å². The Kier molecular flexibility index (Phi) is 3.86. The highest BCUT2D eigenvalue weighted by Crippen LogP contribution is 2.25. The van der Waals surface area contributed by atoms with Crippen molar-refractivity contribution in [1.82, 2.24) is 15.3 Å². The van der Waals surface area contributed by atoms with Crippen molar-refractivity contribution in [3.8, 4) is 0 Å². The zero-order valence-electron chi connectivity index (χ0n) is 10.4. The topological polar surface area (TPSA) is 37.8 Å². The molecule has 2 rings (SSSR count). The van der Waals surface area contributed by atoms with Crippen molar-refractivity contribution in [2.75, 3.05) is 6.54 Å². The Hall–Kier alpha value is -1.26. The van der Waals surface area contributed by atoms with E-state index >= 15 is 0 Å². The van der Waals surface area contributed by atoms with E-state index in [1.807, 2.05) is 19.3 Å². The van der Waals surface area contributed by atoms with Crippen molar-refractivity contribution in [2.45, 2.75) is 26.8 Å². The third kappa shape index (κ3) is 2.70. The highest BCUT2D eigenvalue weighted by atomic mass is 32.1. The summed E-state index contributed by atoms with van der Waals surface area (Å²) < 4.78 is 0. The van der Waals surface area contributed by atoms with Gasteiger partial charge in [-0.05, 0) is 43.0 Å². The predicted molar refractivity (Wildman–Crippen MR) is 71.3 cm³/mol. The molecule has 0 aliphatic carbocycles. The molecule has 0 bridgehead atoms. The molecule has 1 unspecified atom stereocenters. The first-order valence-electron chi connectivity index (χ1n) is 5.78. The lowest BCUT2D eigenvalue weighted by Gasteiger charge is -2.16. The minimum Gasteiger partial charge on any atom is -0.304 e. The average molecular weight is 247 g/mol. The van der Waals surface area contributed by atoms with Crippen LogP contribution in [-0.4, -0.2) is 16.5 Å². The lowest BCUT2D eigenvalue weighted by Crippen LogP contribution is -2.24. The van der Waals surface area contributed by atoms with Gasteiger partial charge < -0.3 is 5.32 Å². The summed E-state index contributed by atoms with van der Waals surface area (Å²) in [5, 5.41) is 5.56. The van der Waals surface area contributed by atoms with Crippen LogP contribution in [-0.2, 0) is 0 Å². The Morgan fingerprint density at radius 3 is 2.53 bits per heavy atom. The first-order chi connectivity index (χ1) is 8.22. The molecule has 1 N–H and O–H groups in total.